The molecule has 1 amide bonds. The molecule has 1 N–H and O–H groups in total. The summed E-state index contributed by atoms with van der Waals surface area (Å²) in [4.78, 5) is 14.8. The van der Waals surface area contributed by atoms with Gasteiger partial charge in [-0.05, 0) is 54.3 Å². The Morgan fingerprint density at radius 1 is 1.07 bits per heavy atom. The van der Waals surface area contributed by atoms with Crippen molar-refractivity contribution in [2.75, 3.05) is 37.7 Å². The second-order valence-corrected chi connectivity index (χ2v) is 9.96. The van der Waals surface area contributed by atoms with Crippen molar-refractivity contribution in [3.63, 3.8) is 0 Å². The molecular weight excluding hydrogens is 412 g/mol. The zero-order valence-electron chi connectivity index (χ0n) is 17.9. The van der Waals surface area contributed by atoms with Gasteiger partial charge in [0.25, 0.3) is 5.91 Å². The standard InChI is InChI=1S/C24H32N2O2S2/c1-3-26(4-2)22(19-9-6-5-7-10-19)17-25-23(27)18-28-21-13-11-20(12-14-21)24-29-15-8-16-30-24/h5-7,9-14,22,24H,3-4,8,15-18H2,1-2H3,(H,25,27). The summed E-state index contributed by atoms with van der Waals surface area (Å²) in [6, 6.07) is 18.7. The minimum Gasteiger partial charge on any atom is -0.484 e. The van der Waals surface area contributed by atoms with E-state index in [2.05, 4.69) is 48.3 Å². The smallest absolute Gasteiger partial charge is 0.258 e. The van der Waals surface area contributed by atoms with Gasteiger partial charge in [0.1, 0.15) is 5.75 Å². The number of ether oxygens (including phenoxy) is 1. The van der Waals surface area contributed by atoms with E-state index >= 15 is 0 Å². The molecule has 1 fully saturated rings. The molecule has 6 heteroatoms. The summed E-state index contributed by atoms with van der Waals surface area (Å²) in [5.74, 6) is 3.11. The fourth-order valence-corrected chi connectivity index (χ4v) is 6.50. The highest BCUT2D eigenvalue weighted by Crippen LogP contribution is 2.43. The van der Waals surface area contributed by atoms with E-state index in [4.69, 9.17) is 4.74 Å². The lowest BCUT2D eigenvalue weighted by atomic mass is 10.1. The third-order valence-electron chi connectivity index (χ3n) is 5.28. The summed E-state index contributed by atoms with van der Waals surface area (Å²) < 4.78 is 6.24. The van der Waals surface area contributed by atoms with Gasteiger partial charge in [-0.3, -0.25) is 9.69 Å². The van der Waals surface area contributed by atoms with Gasteiger partial charge in [0, 0.05) is 6.54 Å². The Hall–Kier alpha value is -1.63. The summed E-state index contributed by atoms with van der Waals surface area (Å²) >= 11 is 4.02. The first-order valence-corrected chi connectivity index (χ1v) is 12.8. The van der Waals surface area contributed by atoms with Crippen LogP contribution in [-0.4, -0.2) is 48.6 Å². The minimum atomic E-state index is -0.0921. The van der Waals surface area contributed by atoms with Crippen molar-refractivity contribution < 1.29 is 9.53 Å². The highest BCUT2D eigenvalue weighted by atomic mass is 32.2. The molecule has 162 valence electrons. The molecule has 30 heavy (non-hydrogen) atoms. The Morgan fingerprint density at radius 2 is 1.73 bits per heavy atom. The fourth-order valence-electron chi connectivity index (χ4n) is 3.61. The molecule has 0 radical (unpaired) electrons. The number of nitrogens with zero attached hydrogens (tertiary/aromatic N) is 1. The lowest BCUT2D eigenvalue weighted by molar-refractivity contribution is -0.123. The summed E-state index contributed by atoms with van der Waals surface area (Å²) in [5.41, 5.74) is 2.54. The first-order valence-electron chi connectivity index (χ1n) is 10.7. The Morgan fingerprint density at radius 3 is 2.37 bits per heavy atom. The summed E-state index contributed by atoms with van der Waals surface area (Å²) in [6.07, 6.45) is 1.29. The van der Waals surface area contributed by atoms with E-state index in [0.717, 1.165) is 18.8 Å². The molecule has 2 aromatic rings. The molecule has 1 aliphatic rings. The molecule has 0 aromatic heterocycles. The Kier molecular flexibility index (Phi) is 9.43. The second-order valence-electron chi connectivity index (χ2n) is 7.24. The molecule has 3 rings (SSSR count). The maximum atomic E-state index is 12.4. The Labute approximate surface area is 189 Å². The molecular formula is C24H32N2O2S2. The second kappa shape index (κ2) is 12.3. The maximum absolute atomic E-state index is 12.4. The molecule has 2 aromatic carbocycles. The van der Waals surface area contributed by atoms with Crippen LogP contribution in [0.4, 0.5) is 0 Å². The van der Waals surface area contributed by atoms with Gasteiger partial charge in [0.2, 0.25) is 0 Å². The van der Waals surface area contributed by atoms with Crippen LogP contribution in [0.5, 0.6) is 5.75 Å². The van der Waals surface area contributed by atoms with Gasteiger partial charge in [0.15, 0.2) is 6.61 Å². The van der Waals surface area contributed by atoms with Crippen molar-refractivity contribution in [1.82, 2.24) is 10.2 Å². The van der Waals surface area contributed by atoms with Crippen LogP contribution in [0.25, 0.3) is 0 Å². The Bertz CT molecular complexity index is 761. The number of carbonyl (C=O) groups is 1. The Balaban J connectivity index is 1.49. The van der Waals surface area contributed by atoms with Gasteiger partial charge in [-0.2, -0.15) is 0 Å². The van der Waals surface area contributed by atoms with E-state index < -0.39 is 0 Å². The number of thioether (sulfide) groups is 2. The molecule has 1 atom stereocenters. The van der Waals surface area contributed by atoms with Crippen LogP contribution in [0, 0.1) is 0 Å². The van der Waals surface area contributed by atoms with E-state index in [0.29, 0.717) is 11.1 Å². The van der Waals surface area contributed by atoms with Crippen molar-refractivity contribution >= 4 is 29.4 Å². The zero-order valence-corrected chi connectivity index (χ0v) is 19.5. The number of amides is 1. The summed E-state index contributed by atoms with van der Waals surface area (Å²) in [6.45, 7) is 6.78. The number of rotatable bonds is 10. The predicted molar refractivity (Wildman–Crippen MR) is 129 cm³/mol. The molecule has 0 aliphatic carbocycles. The lowest BCUT2D eigenvalue weighted by Gasteiger charge is -2.30. The molecule has 1 unspecified atom stereocenters. The predicted octanol–water partition coefficient (Wildman–Crippen LogP) is 5.13. The number of benzene rings is 2. The molecule has 1 saturated heterocycles. The van der Waals surface area contributed by atoms with Crippen molar-refractivity contribution in [3.05, 3.63) is 65.7 Å². The molecule has 0 spiro atoms. The average molecular weight is 445 g/mol. The first-order chi connectivity index (χ1) is 14.7. The third-order valence-corrected chi connectivity index (χ3v) is 8.29. The monoisotopic (exact) mass is 444 g/mol. The molecule has 4 nitrogen and oxygen atoms in total. The topological polar surface area (TPSA) is 41.6 Å². The molecule has 0 saturated carbocycles. The lowest BCUT2D eigenvalue weighted by Crippen LogP contribution is -2.39. The van der Waals surface area contributed by atoms with Crippen LogP contribution in [0.3, 0.4) is 0 Å². The van der Waals surface area contributed by atoms with Crippen LogP contribution >= 0.6 is 23.5 Å². The molecule has 1 heterocycles. The normalized spacial score (nSPS) is 15.7. The SMILES string of the molecule is CCN(CC)C(CNC(=O)COc1ccc(C2SCCCS2)cc1)c1ccccc1. The zero-order chi connectivity index (χ0) is 21.2. The minimum absolute atomic E-state index is 0.0338. The van der Waals surface area contributed by atoms with Crippen molar-refractivity contribution in [2.45, 2.75) is 30.9 Å². The molecule has 1 aliphatic heterocycles. The van der Waals surface area contributed by atoms with Gasteiger partial charge in [-0.15, -0.1) is 23.5 Å². The number of hydrogen-bond acceptors (Lipinski definition) is 5. The maximum Gasteiger partial charge on any atom is 0.258 e. The van der Waals surface area contributed by atoms with E-state index in [-0.39, 0.29) is 18.6 Å². The fraction of sp³-hybridized carbons (Fsp3) is 0.458. The number of hydrogen-bond donors (Lipinski definition) is 1. The van der Waals surface area contributed by atoms with E-state index in [1.54, 1.807) is 0 Å². The van der Waals surface area contributed by atoms with Crippen LogP contribution in [0.15, 0.2) is 54.6 Å². The number of likely N-dealkylation sites (N-methyl/N-ethyl adjacent to an activating group) is 1. The van der Waals surface area contributed by atoms with Crippen LogP contribution in [0.2, 0.25) is 0 Å². The largest absolute Gasteiger partial charge is 0.484 e. The van der Waals surface area contributed by atoms with Crippen molar-refractivity contribution in [3.8, 4) is 5.75 Å². The van der Waals surface area contributed by atoms with Crippen LogP contribution in [0.1, 0.15) is 42.0 Å². The highest BCUT2D eigenvalue weighted by molar-refractivity contribution is 8.16. The van der Waals surface area contributed by atoms with E-state index in [1.165, 1.54) is 29.1 Å². The summed E-state index contributed by atoms with van der Waals surface area (Å²) in [7, 11) is 0. The summed E-state index contributed by atoms with van der Waals surface area (Å²) in [5, 5.41) is 3.05. The highest BCUT2D eigenvalue weighted by Gasteiger charge is 2.19. The average Bonchev–Trinajstić information content (AvgIpc) is 2.82. The van der Waals surface area contributed by atoms with Gasteiger partial charge in [-0.25, -0.2) is 0 Å². The van der Waals surface area contributed by atoms with Gasteiger partial charge in [0.05, 0.1) is 10.6 Å². The molecule has 0 bridgehead atoms. The van der Waals surface area contributed by atoms with Crippen LogP contribution < -0.4 is 10.1 Å². The van der Waals surface area contributed by atoms with Crippen molar-refractivity contribution in [1.29, 1.82) is 0 Å². The van der Waals surface area contributed by atoms with Gasteiger partial charge >= 0.3 is 0 Å². The number of nitrogens with one attached hydrogen (secondary N) is 1. The quantitative estimate of drug-likeness (QED) is 0.550. The third kappa shape index (κ3) is 6.69. The first kappa shape index (κ1) is 23.0. The van der Waals surface area contributed by atoms with Gasteiger partial charge < -0.3 is 10.1 Å². The van der Waals surface area contributed by atoms with E-state index in [1.807, 2.05) is 53.9 Å². The van der Waals surface area contributed by atoms with Crippen LogP contribution in [-0.2, 0) is 4.79 Å². The number of carbonyl (C=O) groups excluding carboxylic acids is 1. The van der Waals surface area contributed by atoms with E-state index in [9.17, 15) is 4.79 Å². The van der Waals surface area contributed by atoms with Crippen molar-refractivity contribution in [2.24, 2.45) is 0 Å². The van der Waals surface area contributed by atoms with Gasteiger partial charge in [-0.1, -0.05) is 56.3 Å².